The predicted octanol–water partition coefficient (Wildman–Crippen LogP) is 7.57. The Morgan fingerprint density at radius 1 is 1.11 bits per heavy atom. The molecule has 3 saturated carbocycles. The van der Waals surface area contributed by atoms with Crippen LogP contribution in [0.2, 0.25) is 0 Å². The van der Waals surface area contributed by atoms with Crippen molar-refractivity contribution in [2.24, 2.45) is 28.1 Å². The average Bonchev–Trinajstić information content (AvgIpc) is 3.46. The van der Waals surface area contributed by atoms with Crippen LogP contribution >= 0.6 is 0 Å². The van der Waals surface area contributed by atoms with Gasteiger partial charge >= 0.3 is 18.1 Å². The molecule has 1 spiro atoms. The van der Waals surface area contributed by atoms with Gasteiger partial charge in [-0.05, 0) is 85.0 Å². The van der Waals surface area contributed by atoms with Gasteiger partial charge in [0.1, 0.15) is 0 Å². The monoisotopic (exact) mass is 616 g/mol. The molecule has 3 fully saturated rings. The maximum absolute atomic E-state index is 14.4. The molecule has 0 amide bonds. The molecule has 0 aromatic heterocycles. The fraction of sp³-hybridized carbons (Fsp3) is 0.657. The Bertz CT molecular complexity index is 1360. The van der Waals surface area contributed by atoms with Gasteiger partial charge in [-0.2, -0.15) is 13.2 Å². The summed E-state index contributed by atoms with van der Waals surface area (Å²) in [5.74, 6) is -1.12. The quantitative estimate of drug-likeness (QED) is 0.222. The van der Waals surface area contributed by atoms with Crippen LogP contribution in [-0.2, 0) is 34.1 Å². The van der Waals surface area contributed by atoms with Crippen LogP contribution in [0.5, 0.6) is 0 Å². The third-order valence-corrected chi connectivity index (χ3v) is 12.2. The zero-order chi connectivity index (χ0) is 31.5. The van der Waals surface area contributed by atoms with E-state index >= 15 is 0 Å². The SMILES string of the molecule is CO[C@@](C(=O)O[C@@H]1OC(=O)C=C1[C@H]1CC=C(CC[C@]2(C)[C@H]3CCC[C@@]4(C)C[C@@]34CC[C@@H]2C)CO1)(c1ccccc1)C(F)(F)F. The number of rotatable bonds is 8. The molecule has 0 radical (unpaired) electrons. The van der Waals surface area contributed by atoms with Gasteiger partial charge in [-0.1, -0.05) is 63.6 Å². The van der Waals surface area contributed by atoms with E-state index in [9.17, 15) is 22.8 Å². The highest BCUT2D eigenvalue weighted by atomic mass is 19.4. The molecule has 0 saturated heterocycles. The summed E-state index contributed by atoms with van der Waals surface area (Å²) in [7, 11) is 0.793. The summed E-state index contributed by atoms with van der Waals surface area (Å²) in [5.41, 5.74) is -1.15. The van der Waals surface area contributed by atoms with Crippen LogP contribution in [0.25, 0.3) is 0 Å². The second kappa shape index (κ2) is 11.0. The third kappa shape index (κ3) is 4.84. The molecule has 0 bridgehead atoms. The van der Waals surface area contributed by atoms with Crippen LogP contribution in [0.15, 0.2) is 53.6 Å². The summed E-state index contributed by atoms with van der Waals surface area (Å²) in [6.07, 6.45) is 6.23. The second-order valence-electron chi connectivity index (χ2n) is 14.2. The van der Waals surface area contributed by atoms with Crippen LogP contribution in [0, 0.1) is 28.1 Å². The number of esters is 2. The first-order valence-corrected chi connectivity index (χ1v) is 15.9. The molecule has 1 aromatic rings. The van der Waals surface area contributed by atoms with Crippen molar-refractivity contribution in [3.63, 3.8) is 0 Å². The predicted molar refractivity (Wildman–Crippen MR) is 156 cm³/mol. The Balaban J connectivity index is 1.13. The van der Waals surface area contributed by atoms with E-state index in [0.717, 1.165) is 44.1 Å². The number of alkyl halides is 3. The molecule has 9 heteroatoms. The highest BCUT2D eigenvalue weighted by molar-refractivity contribution is 5.87. The molecule has 0 N–H and O–H groups in total. The molecule has 8 atom stereocenters. The van der Waals surface area contributed by atoms with Crippen LogP contribution in [0.3, 0.4) is 0 Å². The molecule has 2 heterocycles. The van der Waals surface area contributed by atoms with Crippen molar-refractivity contribution in [2.45, 2.75) is 103 Å². The number of ether oxygens (including phenoxy) is 4. The minimum atomic E-state index is -5.15. The molecule has 0 unspecified atom stereocenters. The number of hydrogen-bond donors (Lipinski definition) is 0. The van der Waals surface area contributed by atoms with E-state index in [1.165, 1.54) is 62.3 Å². The Kier molecular flexibility index (Phi) is 7.84. The first-order valence-electron chi connectivity index (χ1n) is 15.9. The molecular formula is C35H43F3O6. The van der Waals surface area contributed by atoms with Crippen molar-refractivity contribution in [2.75, 3.05) is 13.7 Å². The van der Waals surface area contributed by atoms with Crippen molar-refractivity contribution in [3.05, 3.63) is 59.2 Å². The number of halogens is 3. The highest BCUT2D eigenvalue weighted by Gasteiger charge is 2.72. The molecule has 1 aromatic carbocycles. The maximum Gasteiger partial charge on any atom is 0.432 e. The van der Waals surface area contributed by atoms with Crippen molar-refractivity contribution in [1.29, 1.82) is 0 Å². The maximum atomic E-state index is 14.4. The Morgan fingerprint density at radius 3 is 2.52 bits per heavy atom. The van der Waals surface area contributed by atoms with Crippen LogP contribution in [0.1, 0.15) is 84.1 Å². The van der Waals surface area contributed by atoms with Crippen LogP contribution in [-0.4, -0.2) is 44.2 Å². The van der Waals surface area contributed by atoms with Gasteiger partial charge in [0, 0.05) is 24.3 Å². The standard InChI is InChI=1S/C35H43F3O6/c1-22-14-18-33-21-31(33,2)16-8-11-27(33)32(22,3)17-15-23-12-13-26(42-20-23)25-19-28(39)43-29(25)44-30(40)34(41-4,35(36,37)38)24-9-6-5-7-10-24/h5-7,9-10,12,19,22,26-27,29H,8,11,13-18,20-21H2,1-4H3/t22-,26+,27+,29-,31-,32-,33-,34+/m0/s1. The van der Waals surface area contributed by atoms with Crippen molar-refractivity contribution in [3.8, 4) is 0 Å². The lowest BCUT2D eigenvalue weighted by molar-refractivity contribution is -0.281. The number of carbonyl (C=O) groups excluding carboxylic acids is 2. The van der Waals surface area contributed by atoms with E-state index in [0.29, 0.717) is 29.8 Å². The summed E-state index contributed by atoms with van der Waals surface area (Å²) < 4.78 is 64.4. The van der Waals surface area contributed by atoms with E-state index in [1.807, 2.05) is 0 Å². The third-order valence-electron chi connectivity index (χ3n) is 12.2. The van der Waals surface area contributed by atoms with Gasteiger partial charge in [-0.25, -0.2) is 9.59 Å². The zero-order valence-electron chi connectivity index (χ0n) is 26.0. The van der Waals surface area contributed by atoms with Crippen molar-refractivity contribution in [1.82, 2.24) is 0 Å². The lowest BCUT2D eigenvalue weighted by atomic mass is 9.50. The minimum Gasteiger partial charge on any atom is -0.418 e. The highest BCUT2D eigenvalue weighted by Crippen LogP contribution is 2.80. The summed E-state index contributed by atoms with van der Waals surface area (Å²) in [4.78, 5) is 25.4. The Hall–Kier alpha value is -2.65. The summed E-state index contributed by atoms with van der Waals surface area (Å²) >= 11 is 0. The molecule has 44 heavy (non-hydrogen) atoms. The van der Waals surface area contributed by atoms with Gasteiger partial charge in [-0.15, -0.1) is 0 Å². The summed E-state index contributed by atoms with van der Waals surface area (Å²) in [6.45, 7) is 7.76. The van der Waals surface area contributed by atoms with Gasteiger partial charge < -0.3 is 18.9 Å². The van der Waals surface area contributed by atoms with Gasteiger partial charge in [-0.3, -0.25) is 0 Å². The largest absolute Gasteiger partial charge is 0.432 e. The van der Waals surface area contributed by atoms with E-state index in [1.54, 1.807) is 0 Å². The Labute approximate surface area is 257 Å². The number of carbonyl (C=O) groups is 2. The average molecular weight is 617 g/mol. The lowest BCUT2D eigenvalue weighted by Crippen LogP contribution is -2.52. The number of methoxy groups -OCH3 is 1. The lowest BCUT2D eigenvalue weighted by Gasteiger charge is -2.55. The van der Waals surface area contributed by atoms with Gasteiger partial charge in [0.05, 0.1) is 12.7 Å². The molecule has 5 aliphatic rings. The van der Waals surface area contributed by atoms with E-state index in [4.69, 9.17) is 18.9 Å². The van der Waals surface area contributed by atoms with Gasteiger partial charge in [0.15, 0.2) is 0 Å². The van der Waals surface area contributed by atoms with Gasteiger partial charge in [0.2, 0.25) is 0 Å². The van der Waals surface area contributed by atoms with E-state index in [2.05, 4.69) is 26.8 Å². The molecular weight excluding hydrogens is 573 g/mol. The smallest absolute Gasteiger partial charge is 0.418 e. The number of benzene rings is 1. The fourth-order valence-corrected chi connectivity index (χ4v) is 9.36. The minimum absolute atomic E-state index is 0.184. The Morgan fingerprint density at radius 2 is 1.86 bits per heavy atom. The molecule has 240 valence electrons. The van der Waals surface area contributed by atoms with Crippen LogP contribution in [0.4, 0.5) is 13.2 Å². The van der Waals surface area contributed by atoms with E-state index in [-0.39, 0.29) is 11.0 Å². The first-order chi connectivity index (χ1) is 20.8. The number of hydrogen-bond acceptors (Lipinski definition) is 6. The van der Waals surface area contributed by atoms with Crippen molar-refractivity contribution >= 4 is 11.9 Å². The molecule has 3 aliphatic carbocycles. The summed E-state index contributed by atoms with van der Waals surface area (Å²) in [5, 5.41) is 0. The van der Waals surface area contributed by atoms with Gasteiger partial charge in [0.25, 0.3) is 11.9 Å². The molecule has 6 rings (SSSR count). The molecule has 6 nitrogen and oxygen atoms in total. The molecule has 2 aliphatic heterocycles. The number of cyclic esters (lactones) is 1. The first kappa shape index (κ1) is 31.3. The van der Waals surface area contributed by atoms with Crippen molar-refractivity contribution < 1.29 is 41.7 Å². The van der Waals surface area contributed by atoms with Crippen LogP contribution < -0.4 is 0 Å². The fourth-order valence-electron chi connectivity index (χ4n) is 9.36. The topological polar surface area (TPSA) is 71.1 Å². The normalized spacial score (nSPS) is 37.9. The van der Waals surface area contributed by atoms with E-state index < -0.39 is 41.7 Å². The summed E-state index contributed by atoms with van der Waals surface area (Å²) in [6, 6.07) is 6.54. The zero-order valence-corrected chi connectivity index (χ0v) is 26.0. The second-order valence-corrected chi connectivity index (χ2v) is 14.2.